The Kier molecular flexibility index (Phi) is 5.28. The minimum Gasteiger partial charge on any atom is -0.338 e. The van der Waals surface area contributed by atoms with Crippen LogP contribution in [0.4, 0.5) is 13.2 Å². The summed E-state index contributed by atoms with van der Waals surface area (Å²) in [5.41, 5.74) is -0.946. The molecule has 0 aliphatic heterocycles. The van der Waals surface area contributed by atoms with Crippen LogP contribution in [0.2, 0.25) is 0 Å². The van der Waals surface area contributed by atoms with Gasteiger partial charge in [-0.05, 0) is 31.9 Å². The third-order valence-corrected chi connectivity index (χ3v) is 8.02. The lowest BCUT2D eigenvalue weighted by molar-refractivity contribution is -0.166. The van der Waals surface area contributed by atoms with Gasteiger partial charge in [0.15, 0.2) is 27.1 Å². The predicted molar refractivity (Wildman–Crippen MR) is 120 cm³/mol. The first kappa shape index (κ1) is 24.0. The number of hydrogen-bond donors (Lipinski definition) is 0. The zero-order valence-electron chi connectivity index (χ0n) is 19.3. The molecule has 0 aromatic carbocycles. The van der Waals surface area contributed by atoms with Crippen LogP contribution in [0.15, 0.2) is 33.9 Å². The van der Waals surface area contributed by atoms with Crippen LogP contribution >= 0.6 is 0 Å². The van der Waals surface area contributed by atoms with Gasteiger partial charge >= 0.3 is 6.18 Å². The maximum Gasteiger partial charge on any atom is 0.403 e. The molecule has 0 unspecified atom stereocenters. The van der Waals surface area contributed by atoms with Crippen LogP contribution in [0.5, 0.6) is 0 Å². The van der Waals surface area contributed by atoms with E-state index in [2.05, 4.69) is 25.1 Å². The molecule has 1 aliphatic carbocycles. The van der Waals surface area contributed by atoms with Gasteiger partial charge in [-0.1, -0.05) is 12.1 Å². The van der Waals surface area contributed by atoms with Crippen LogP contribution in [0.25, 0.3) is 34.1 Å². The van der Waals surface area contributed by atoms with Gasteiger partial charge < -0.3 is 9.09 Å². The van der Waals surface area contributed by atoms with Gasteiger partial charge in [0.2, 0.25) is 11.7 Å². The maximum atomic E-state index is 13.4. The summed E-state index contributed by atoms with van der Waals surface area (Å²) in [6, 6.07) is 2.79. The van der Waals surface area contributed by atoms with E-state index >= 15 is 0 Å². The fourth-order valence-corrected chi connectivity index (χ4v) is 4.94. The lowest BCUT2D eigenvalue weighted by Gasteiger charge is -2.13. The first-order valence-corrected chi connectivity index (χ1v) is 12.5. The van der Waals surface area contributed by atoms with E-state index in [0.717, 1.165) is 0 Å². The van der Waals surface area contributed by atoms with Crippen LogP contribution in [0.1, 0.15) is 42.9 Å². The van der Waals surface area contributed by atoms with Crippen molar-refractivity contribution in [2.75, 3.05) is 5.75 Å². The quantitative estimate of drug-likeness (QED) is 0.349. The molecule has 4 aromatic rings. The minimum atomic E-state index is -4.54. The van der Waals surface area contributed by atoms with Crippen LogP contribution in [0, 0.1) is 0 Å². The first-order chi connectivity index (χ1) is 16.9. The molecule has 0 bridgehead atoms. The van der Waals surface area contributed by atoms with Crippen LogP contribution in [-0.2, 0) is 22.3 Å². The van der Waals surface area contributed by atoms with Crippen LogP contribution < -0.4 is 0 Å². The number of ketones is 1. The van der Waals surface area contributed by atoms with Crippen molar-refractivity contribution in [1.82, 2.24) is 29.7 Å². The van der Waals surface area contributed by atoms with E-state index in [1.165, 1.54) is 32.3 Å². The molecule has 0 amide bonds. The SMILES string of the molecule is CCS(=O)(=O)c1cc(-c2noc(C3(C(F)(F)F)CC3)n2)cnc1-c1nc2cc(C(C)=O)cnc2n1C. The fourth-order valence-electron chi connectivity index (χ4n) is 3.89. The number of carbonyl (C=O) groups excluding carboxylic acids is 1. The summed E-state index contributed by atoms with van der Waals surface area (Å²) in [5, 5.41) is 3.65. The number of halogens is 3. The van der Waals surface area contributed by atoms with Gasteiger partial charge in [-0.25, -0.2) is 18.4 Å². The molecule has 1 fully saturated rings. The van der Waals surface area contributed by atoms with Crippen molar-refractivity contribution >= 4 is 26.8 Å². The Morgan fingerprint density at radius 3 is 2.50 bits per heavy atom. The van der Waals surface area contributed by atoms with Gasteiger partial charge in [0.1, 0.15) is 16.6 Å². The van der Waals surface area contributed by atoms with Crippen molar-refractivity contribution in [3.05, 3.63) is 36.0 Å². The maximum absolute atomic E-state index is 13.4. The van der Waals surface area contributed by atoms with Crippen molar-refractivity contribution in [2.24, 2.45) is 7.05 Å². The molecule has 0 radical (unpaired) electrons. The summed E-state index contributed by atoms with van der Waals surface area (Å²) in [6.45, 7) is 2.84. The van der Waals surface area contributed by atoms with E-state index in [0.29, 0.717) is 16.7 Å². The summed E-state index contributed by atoms with van der Waals surface area (Å²) in [4.78, 5) is 28.4. The largest absolute Gasteiger partial charge is 0.403 e. The molecule has 188 valence electrons. The van der Waals surface area contributed by atoms with Crippen molar-refractivity contribution in [1.29, 1.82) is 0 Å². The molecular formula is C22H19F3N6O4S. The monoisotopic (exact) mass is 520 g/mol. The van der Waals surface area contributed by atoms with Gasteiger partial charge in [-0.15, -0.1) is 0 Å². The Bertz CT molecular complexity index is 1640. The molecule has 1 aliphatic rings. The highest BCUT2D eigenvalue weighted by molar-refractivity contribution is 7.91. The van der Waals surface area contributed by atoms with Crippen molar-refractivity contribution in [3.8, 4) is 22.9 Å². The molecule has 10 nitrogen and oxygen atoms in total. The minimum absolute atomic E-state index is 0.0168. The van der Waals surface area contributed by atoms with Gasteiger partial charge in [-0.3, -0.25) is 9.78 Å². The van der Waals surface area contributed by atoms with Gasteiger partial charge in [0.05, 0.1) is 10.6 Å². The topological polar surface area (TPSA) is 134 Å². The summed E-state index contributed by atoms with van der Waals surface area (Å²) in [6.07, 6.45) is -2.20. The first-order valence-electron chi connectivity index (χ1n) is 10.9. The molecule has 0 N–H and O–H groups in total. The molecule has 1 saturated carbocycles. The Labute approximate surface area is 202 Å². The molecule has 0 spiro atoms. The predicted octanol–water partition coefficient (Wildman–Crippen LogP) is 3.67. The van der Waals surface area contributed by atoms with Crippen molar-refractivity contribution in [3.63, 3.8) is 0 Å². The Morgan fingerprint density at radius 2 is 1.89 bits per heavy atom. The molecule has 0 atom stereocenters. The van der Waals surface area contributed by atoms with E-state index in [-0.39, 0.29) is 52.2 Å². The lowest BCUT2D eigenvalue weighted by atomic mass is 10.1. The fraction of sp³-hybridized carbons (Fsp3) is 0.364. The zero-order chi connectivity index (χ0) is 26.0. The van der Waals surface area contributed by atoms with Gasteiger partial charge in [-0.2, -0.15) is 18.2 Å². The molecule has 5 rings (SSSR count). The van der Waals surface area contributed by atoms with E-state index in [1.807, 2.05) is 0 Å². The Hall–Kier alpha value is -3.68. The highest BCUT2D eigenvalue weighted by Gasteiger charge is 2.68. The van der Waals surface area contributed by atoms with E-state index in [9.17, 15) is 26.4 Å². The standard InChI is InChI=1S/C22H19F3N6O4S/c1-4-36(33,34)15-8-13(17-29-20(35-30-17)21(5-6-21)22(23,24)25)10-26-16(15)19-28-14-7-12(11(2)32)9-27-18(14)31(19)3/h7-10H,4-6H2,1-3H3. The summed E-state index contributed by atoms with van der Waals surface area (Å²) in [5.74, 6) is -1.05. The number of rotatable bonds is 6. The van der Waals surface area contributed by atoms with Gasteiger partial charge in [0.25, 0.3) is 0 Å². The number of Topliss-reactive ketones (excluding diaryl/α,β-unsaturated/α-hetero) is 1. The number of aryl methyl sites for hydroxylation is 1. The highest BCUT2D eigenvalue weighted by atomic mass is 32.2. The van der Waals surface area contributed by atoms with Crippen molar-refractivity contribution < 1.29 is 30.9 Å². The molecule has 36 heavy (non-hydrogen) atoms. The second-order valence-corrected chi connectivity index (χ2v) is 10.8. The number of carbonyl (C=O) groups is 1. The average Bonchev–Trinajstić information content (AvgIpc) is 3.41. The highest BCUT2D eigenvalue weighted by Crippen LogP contribution is 2.58. The summed E-state index contributed by atoms with van der Waals surface area (Å²) < 4.78 is 72.8. The van der Waals surface area contributed by atoms with Crippen LogP contribution in [-0.4, -0.2) is 55.8 Å². The van der Waals surface area contributed by atoms with Crippen LogP contribution in [0.3, 0.4) is 0 Å². The number of imidazole rings is 1. The molecule has 14 heteroatoms. The molecular weight excluding hydrogens is 501 g/mol. The van der Waals surface area contributed by atoms with E-state index < -0.39 is 27.3 Å². The number of sulfone groups is 1. The zero-order valence-corrected chi connectivity index (χ0v) is 20.1. The van der Waals surface area contributed by atoms with E-state index in [1.54, 1.807) is 17.7 Å². The smallest absolute Gasteiger partial charge is 0.338 e. The normalized spacial score (nSPS) is 15.4. The van der Waals surface area contributed by atoms with E-state index in [4.69, 9.17) is 4.52 Å². The average molecular weight is 520 g/mol. The Morgan fingerprint density at radius 1 is 1.17 bits per heavy atom. The summed E-state index contributed by atoms with van der Waals surface area (Å²) in [7, 11) is -2.25. The van der Waals surface area contributed by atoms with Crippen molar-refractivity contribution in [2.45, 2.75) is 43.2 Å². The number of aromatic nitrogens is 6. The Balaban J connectivity index is 1.64. The number of nitrogens with zero attached hydrogens (tertiary/aromatic N) is 6. The second kappa shape index (κ2) is 7.91. The number of fused-ring (bicyclic) bond motifs is 1. The molecule has 0 saturated heterocycles. The molecule has 4 heterocycles. The lowest BCUT2D eigenvalue weighted by Crippen LogP contribution is -2.28. The molecule has 4 aromatic heterocycles. The number of hydrogen-bond acceptors (Lipinski definition) is 9. The third kappa shape index (κ3) is 3.67. The number of pyridine rings is 2. The summed E-state index contributed by atoms with van der Waals surface area (Å²) >= 11 is 0. The van der Waals surface area contributed by atoms with Gasteiger partial charge in [0, 0.05) is 30.6 Å². The number of alkyl halides is 3. The third-order valence-electron chi connectivity index (χ3n) is 6.28. The second-order valence-electron chi connectivity index (χ2n) is 8.59.